The highest BCUT2D eigenvalue weighted by Gasteiger charge is 2.37. The molecule has 1 saturated heterocycles. The second kappa shape index (κ2) is 6.67. The summed E-state index contributed by atoms with van der Waals surface area (Å²) in [7, 11) is 0. The zero-order valence-corrected chi connectivity index (χ0v) is 14.2. The quantitative estimate of drug-likeness (QED) is 0.720. The summed E-state index contributed by atoms with van der Waals surface area (Å²) in [6.45, 7) is 2.43. The molecule has 1 fully saturated rings. The number of aromatic nitrogens is 3. The number of pyridine rings is 1. The van der Waals surface area contributed by atoms with Crippen molar-refractivity contribution >= 4 is 5.91 Å². The first-order chi connectivity index (χ1) is 12.6. The van der Waals surface area contributed by atoms with Crippen molar-refractivity contribution in [1.29, 1.82) is 0 Å². The van der Waals surface area contributed by atoms with Crippen LogP contribution in [0.15, 0.2) is 53.3 Å². The van der Waals surface area contributed by atoms with Crippen LogP contribution in [0.2, 0.25) is 0 Å². The van der Waals surface area contributed by atoms with Crippen molar-refractivity contribution < 1.29 is 13.7 Å². The fourth-order valence-corrected chi connectivity index (χ4v) is 3.21. The smallest absolute Gasteiger partial charge is 0.232 e. The Kier molecular flexibility index (Phi) is 4.20. The maximum absolute atomic E-state index is 13.1. The first kappa shape index (κ1) is 16.4. The maximum Gasteiger partial charge on any atom is 0.232 e. The number of amides is 1. The molecule has 1 aromatic carbocycles. The minimum Gasteiger partial charge on any atom is -0.339 e. The molecule has 7 heteroatoms. The van der Waals surface area contributed by atoms with Crippen molar-refractivity contribution in [3.8, 4) is 11.4 Å². The van der Waals surface area contributed by atoms with Crippen LogP contribution in [0, 0.1) is 5.82 Å². The lowest BCUT2D eigenvalue weighted by atomic mass is 10.1. The van der Waals surface area contributed by atoms with Crippen LogP contribution < -0.4 is 0 Å². The van der Waals surface area contributed by atoms with E-state index in [1.165, 1.54) is 12.1 Å². The van der Waals surface area contributed by atoms with Crippen LogP contribution in [0.25, 0.3) is 11.4 Å². The van der Waals surface area contributed by atoms with Gasteiger partial charge in [0.1, 0.15) is 5.82 Å². The van der Waals surface area contributed by atoms with E-state index in [1.54, 1.807) is 35.5 Å². The first-order valence-electron chi connectivity index (χ1n) is 8.41. The highest BCUT2D eigenvalue weighted by atomic mass is 19.1. The summed E-state index contributed by atoms with van der Waals surface area (Å²) < 4.78 is 18.5. The van der Waals surface area contributed by atoms with Gasteiger partial charge in [-0.05, 0) is 36.8 Å². The lowest BCUT2D eigenvalue weighted by molar-refractivity contribution is -0.129. The number of carbonyl (C=O) groups is 1. The number of benzene rings is 1. The first-order valence-corrected chi connectivity index (χ1v) is 8.41. The van der Waals surface area contributed by atoms with Crippen LogP contribution in [0.5, 0.6) is 0 Å². The van der Waals surface area contributed by atoms with Gasteiger partial charge in [0.2, 0.25) is 17.6 Å². The fourth-order valence-electron chi connectivity index (χ4n) is 3.21. The molecule has 132 valence electrons. The molecule has 0 radical (unpaired) electrons. The van der Waals surface area contributed by atoms with Crippen LogP contribution in [-0.4, -0.2) is 32.5 Å². The minimum absolute atomic E-state index is 0.0213. The number of rotatable bonds is 4. The lowest BCUT2D eigenvalue weighted by Crippen LogP contribution is -2.28. The van der Waals surface area contributed by atoms with Gasteiger partial charge in [-0.15, -0.1) is 0 Å². The predicted molar refractivity (Wildman–Crippen MR) is 91.4 cm³/mol. The summed E-state index contributed by atoms with van der Waals surface area (Å²) in [4.78, 5) is 22.7. The molecule has 0 spiro atoms. The second-order valence-electron chi connectivity index (χ2n) is 6.37. The summed E-state index contributed by atoms with van der Waals surface area (Å²) in [5.74, 6) is 0.494. The number of carbonyl (C=O) groups excluding carboxylic acids is 1. The standard InChI is InChI=1S/C19H17FN4O2/c1-12(13-4-6-16(20)7-5-13)24-11-15(9-17(24)25)19-22-18(23-26-19)14-3-2-8-21-10-14/h2-8,10,12,15H,9,11H2,1H3. The number of hydrogen-bond acceptors (Lipinski definition) is 5. The Hall–Kier alpha value is -3.09. The largest absolute Gasteiger partial charge is 0.339 e. The molecule has 0 bridgehead atoms. The third-order valence-corrected chi connectivity index (χ3v) is 4.69. The minimum atomic E-state index is -0.291. The monoisotopic (exact) mass is 352 g/mol. The van der Waals surface area contributed by atoms with Gasteiger partial charge < -0.3 is 9.42 Å². The highest BCUT2D eigenvalue weighted by Crippen LogP contribution is 2.33. The van der Waals surface area contributed by atoms with E-state index >= 15 is 0 Å². The Morgan fingerprint density at radius 3 is 2.81 bits per heavy atom. The van der Waals surface area contributed by atoms with Crippen molar-refractivity contribution in [2.24, 2.45) is 0 Å². The molecule has 3 heterocycles. The van der Waals surface area contributed by atoms with E-state index in [0.29, 0.717) is 24.7 Å². The molecular formula is C19H17FN4O2. The summed E-state index contributed by atoms with van der Waals surface area (Å²) in [5.41, 5.74) is 1.66. The molecule has 26 heavy (non-hydrogen) atoms. The van der Waals surface area contributed by atoms with Crippen molar-refractivity contribution in [3.05, 3.63) is 66.1 Å². The summed E-state index contributed by atoms with van der Waals surface area (Å²) in [6.07, 6.45) is 3.66. The molecule has 0 aliphatic carbocycles. The van der Waals surface area contributed by atoms with Crippen molar-refractivity contribution in [2.75, 3.05) is 6.54 Å². The van der Waals surface area contributed by atoms with Crippen LogP contribution in [0.4, 0.5) is 4.39 Å². The molecular weight excluding hydrogens is 335 g/mol. The molecule has 1 aliphatic heterocycles. The Labute approximate surface area is 149 Å². The SMILES string of the molecule is CC(c1ccc(F)cc1)N1CC(c2nc(-c3cccnc3)no2)CC1=O. The highest BCUT2D eigenvalue weighted by molar-refractivity contribution is 5.80. The fraction of sp³-hybridized carbons (Fsp3) is 0.263. The van der Waals surface area contributed by atoms with E-state index in [0.717, 1.165) is 11.1 Å². The van der Waals surface area contributed by atoms with Gasteiger partial charge >= 0.3 is 0 Å². The van der Waals surface area contributed by atoms with E-state index in [1.807, 2.05) is 13.0 Å². The van der Waals surface area contributed by atoms with Gasteiger partial charge in [0.25, 0.3) is 0 Å². The Balaban J connectivity index is 1.51. The normalized spacial score (nSPS) is 18.3. The van der Waals surface area contributed by atoms with Gasteiger partial charge in [0.15, 0.2) is 0 Å². The molecule has 2 aromatic heterocycles. The Morgan fingerprint density at radius 1 is 1.27 bits per heavy atom. The molecule has 2 atom stereocenters. The van der Waals surface area contributed by atoms with Crippen LogP contribution in [0.1, 0.15) is 36.8 Å². The van der Waals surface area contributed by atoms with E-state index in [4.69, 9.17) is 4.52 Å². The van der Waals surface area contributed by atoms with Gasteiger partial charge in [-0.1, -0.05) is 17.3 Å². The number of halogens is 1. The predicted octanol–water partition coefficient (Wildman–Crippen LogP) is 3.35. The van der Waals surface area contributed by atoms with Gasteiger partial charge in [-0.25, -0.2) is 4.39 Å². The average molecular weight is 352 g/mol. The van der Waals surface area contributed by atoms with Gasteiger partial charge in [-0.3, -0.25) is 9.78 Å². The zero-order valence-electron chi connectivity index (χ0n) is 14.2. The molecule has 4 rings (SSSR count). The molecule has 0 N–H and O–H groups in total. The van der Waals surface area contributed by atoms with E-state index in [9.17, 15) is 9.18 Å². The molecule has 0 saturated carbocycles. The summed E-state index contributed by atoms with van der Waals surface area (Å²) >= 11 is 0. The van der Waals surface area contributed by atoms with Crippen molar-refractivity contribution in [3.63, 3.8) is 0 Å². The van der Waals surface area contributed by atoms with Crippen LogP contribution >= 0.6 is 0 Å². The number of nitrogens with zero attached hydrogens (tertiary/aromatic N) is 4. The number of hydrogen-bond donors (Lipinski definition) is 0. The second-order valence-corrected chi connectivity index (χ2v) is 6.37. The summed E-state index contributed by atoms with van der Waals surface area (Å²) in [5, 5.41) is 4.00. The van der Waals surface area contributed by atoms with E-state index in [2.05, 4.69) is 15.1 Å². The topological polar surface area (TPSA) is 72.1 Å². The van der Waals surface area contributed by atoms with Crippen LogP contribution in [-0.2, 0) is 4.79 Å². The zero-order chi connectivity index (χ0) is 18.1. The molecule has 3 aromatic rings. The van der Waals surface area contributed by atoms with Crippen LogP contribution in [0.3, 0.4) is 0 Å². The molecule has 1 aliphatic rings. The van der Waals surface area contributed by atoms with Gasteiger partial charge in [0, 0.05) is 30.9 Å². The Bertz CT molecular complexity index is 911. The third-order valence-electron chi connectivity index (χ3n) is 4.69. The molecule has 2 unspecified atom stereocenters. The van der Waals surface area contributed by atoms with Crippen molar-refractivity contribution in [2.45, 2.75) is 25.3 Å². The van der Waals surface area contributed by atoms with Crippen molar-refractivity contribution in [1.82, 2.24) is 20.0 Å². The van der Waals surface area contributed by atoms with E-state index < -0.39 is 0 Å². The Morgan fingerprint density at radius 2 is 2.08 bits per heavy atom. The van der Waals surface area contributed by atoms with Gasteiger partial charge in [-0.2, -0.15) is 4.98 Å². The maximum atomic E-state index is 13.1. The third kappa shape index (κ3) is 3.08. The molecule has 1 amide bonds. The van der Waals surface area contributed by atoms with Gasteiger partial charge in [0.05, 0.1) is 12.0 Å². The number of likely N-dealkylation sites (tertiary alicyclic amines) is 1. The summed E-state index contributed by atoms with van der Waals surface area (Å²) in [6, 6.07) is 9.72. The molecule has 6 nitrogen and oxygen atoms in total. The lowest BCUT2D eigenvalue weighted by Gasteiger charge is -2.25. The average Bonchev–Trinajstić information content (AvgIpc) is 3.29. The van der Waals surface area contributed by atoms with E-state index in [-0.39, 0.29) is 23.7 Å².